The number of nitrogens with zero attached hydrogens (tertiary/aromatic N) is 5. The second kappa shape index (κ2) is 7.57. The van der Waals surface area contributed by atoms with Gasteiger partial charge in [0, 0.05) is 44.9 Å². The first kappa shape index (κ1) is 17.3. The highest BCUT2D eigenvalue weighted by Crippen LogP contribution is 2.25. The molecule has 1 aliphatic rings. The van der Waals surface area contributed by atoms with E-state index in [2.05, 4.69) is 15.0 Å². The van der Waals surface area contributed by atoms with Crippen molar-refractivity contribution in [2.45, 2.75) is 24.9 Å². The van der Waals surface area contributed by atoms with Gasteiger partial charge in [0.25, 0.3) is 0 Å². The predicted molar refractivity (Wildman–Crippen MR) is 94.0 cm³/mol. The molecule has 0 saturated carbocycles. The van der Waals surface area contributed by atoms with Crippen molar-refractivity contribution in [2.75, 3.05) is 31.6 Å². The normalized spacial score (nSPS) is 20.3. The topological polar surface area (TPSA) is 82.5 Å². The Bertz CT molecular complexity index is 697. The standard InChI is InChI=1S/C18H23N5O2/c1-22(17(24)10-15-4-2-6-19-11-15)13-18(25)5-3-9-23(14-18)16-12-20-7-8-21-16/h2,4,6-8,11-12,25H,3,5,9-10,13-14H2,1H3/t18-/m1/s1. The molecule has 1 aliphatic heterocycles. The molecule has 0 spiro atoms. The van der Waals surface area contributed by atoms with Crippen molar-refractivity contribution in [1.29, 1.82) is 0 Å². The molecule has 1 atom stereocenters. The molecule has 3 heterocycles. The molecule has 1 N–H and O–H groups in total. The van der Waals surface area contributed by atoms with Gasteiger partial charge in [0.15, 0.2) is 0 Å². The summed E-state index contributed by atoms with van der Waals surface area (Å²) in [4.78, 5) is 28.5. The highest BCUT2D eigenvalue weighted by atomic mass is 16.3. The zero-order valence-corrected chi connectivity index (χ0v) is 14.4. The number of carbonyl (C=O) groups excluding carboxylic acids is 1. The fourth-order valence-electron chi connectivity index (χ4n) is 3.23. The van der Waals surface area contributed by atoms with Crippen LogP contribution >= 0.6 is 0 Å². The van der Waals surface area contributed by atoms with Crippen LogP contribution in [0.1, 0.15) is 18.4 Å². The first-order chi connectivity index (χ1) is 12.1. The van der Waals surface area contributed by atoms with Crippen LogP contribution in [0.4, 0.5) is 5.82 Å². The van der Waals surface area contributed by atoms with Gasteiger partial charge in [-0.1, -0.05) is 6.07 Å². The number of hydrogen-bond donors (Lipinski definition) is 1. The van der Waals surface area contributed by atoms with Crippen LogP contribution in [0.25, 0.3) is 0 Å². The van der Waals surface area contributed by atoms with E-state index in [0.717, 1.165) is 24.3 Å². The van der Waals surface area contributed by atoms with Crippen molar-refractivity contribution < 1.29 is 9.90 Å². The Morgan fingerprint density at radius 2 is 2.16 bits per heavy atom. The van der Waals surface area contributed by atoms with Crippen molar-refractivity contribution in [3.8, 4) is 0 Å². The lowest BCUT2D eigenvalue weighted by Crippen LogP contribution is -2.55. The molecule has 25 heavy (non-hydrogen) atoms. The summed E-state index contributed by atoms with van der Waals surface area (Å²) in [5.41, 5.74) is -0.0778. The molecule has 1 amide bonds. The average Bonchev–Trinajstić information content (AvgIpc) is 2.63. The lowest BCUT2D eigenvalue weighted by Gasteiger charge is -2.41. The lowest BCUT2D eigenvalue weighted by atomic mass is 9.92. The van der Waals surface area contributed by atoms with Crippen LogP contribution in [0.15, 0.2) is 43.1 Å². The summed E-state index contributed by atoms with van der Waals surface area (Å²) in [5, 5.41) is 11.0. The number of amides is 1. The molecule has 0 aromatic carbocycles. The van der Waals surface area contributed by atoms with Crippen LogP contribution in [0.5, 0.6) is 0 Å². The number of piperidine rings is 1. The number of hydrogen-bond acceptors (Lipinski definition) is 6. The van der Waals surface area contributed by atoms with Gasteiger partial charge in [-0.3, -0.25) is 14.8 Å². The number of β-amino-alcohol motifs (C(OH)–C–C–N with tert-alkyl or cyclic N) is 1. The number of anilines is 1. The summed E-state index contributed by atoms with van der Waals surface area (Å²) in [5.74, 6) is 0.725. The van der Waals surface area contributed by atoms with Gasteiger partial charge in [-0.25, -0.2) is 4.98 Å². The quantitative estimate of drug-likeness (QED) is 0.870. The van der Waals surface area contributed by atoms with Crippen molar-refractivity contribution in [2.24, 2.45) is 0 Å². The van der Waals surface area contributed by atoms with E-state index in [4.69, 9.17) is 0 Å². The van der Waals surface area contributed by atoms with Crippen LogP contribution in [0, 0.1) is 0 Å². The molecule has 2 aromatic heterocycles. The van der Waals surface area contributed by atoms with Gasteiger partial charge < -0.3 is 14.9 Å². The minimum Gasteiger partial charge on any atom is -0.386 e. The minimum atomic E-state index is -0.949. The number of carbonyl (C=O) groups is 1. The Kier molecular flexibility index (Phi) is 5.23. The average molecular weight is 341 g/mol. The van der Waals surface area contributed by atoms with Crippen molar-refractivity contribution in [1.82, 2.24) is 19.9 Å². The highest BCUT2D eigenvalue weighted by molar-refractivity contribution is 5.78. The van der Waals surface area contributed by atoms with Gasteiger partial charge in [-0.15, -0.1) is 0 Å². The number of rotatable bonds is 5. The molecule has 3 rings (SSSR count). The van der Waals surface area contributed by atoms with E-state index >= 15 is 0 Å². The Hall–Kier alpha value is -2.54. The van der Waals surface area contributed by atoms with Gasteiger partial charge in [-0.2, -0.15) is 0 Å². The molecule has 0 unspecified atom stereocenters. The van der Waals surface area contributed by atoms with E-state index in [1.807, 2.05) is 17.0 Å². The number of pyridine rings is 1. The molecule has 1 fully saturated rings. The van der Waals surface area contributed by atoms with Crippen LogP contribution in [-0.4, -0.2) is 63.1 Å². The summed E-state index contributed by atoms with van der Waals surface area (Å²) in [6.07, 6.45) is 10.1. The van der Waals surface area contributed by atoms with Gasteiger partial charge in [0.05, 0.1) is 24.8 Å². The molecule has 2 aromatic rings. The molecule has 1 saturated heterocycles. The number of likely N-dealkylation sites (N-methyl/N-ethyl adjacent to an activating group) is 1. The third kappa shape index (κ3) is 4.51. The molecule has 7 heteroatoms. The van der Waals surface area contributed by atoms with E-state index in [0.29, 0.717) is 19.5 Å². The largest absolute Gasteiger partial charge is 0.386 e. The minimum absolute atomic E-state index is 0.0296. The molecule has 0 aliphatic carbocycles. The van der Waals surface area contributed by atoms with Crippen LogP contribution < -0.4 is 4.90 Å². The summed E-state index contributed by atoms with van der Waals surface area (Å²) in [6.45, 7) is 1.56. The van der Waals surface area contributed by atoms with E-state index in [1.54, 1.807) is 42.9 Å². The van der Waals surface area contributed by atoms with E-state index in [1.165, 1.54) is 0 Å². The fourth-order valence-corrected chi connectivity index (χ4v) is 3.23. The Morgan fingerprint density at radius 3 is 2.88 bits per heavy atom. The smallest absolute Gasteiger partial charge is 0.226 e. The Morgan fingerprint density at radius 1 is 1.32 bits per heavy atom. The summed E-state index contributed by atoms with van der Waals surface area (Å²) < 4.78 is 0. The molecule has 0 bridgehead atoms. The molecular weight excluding hydrogens is 318 g/mol. The van der Waals surface area contributed by atoms with Crippen molar-refractivity contribution >= 4 is 11.7 Å². The highest BCUT2D eigenvalue weighted by Gasteiger charge is 2.35. The third-order valence-electron chi connectivity index (χ3n) is 4.46. The van der Waals surface area contributed by atoms with Gasteiger partial charge in [0.1, 0.15) is 5.82 Å². The van der Waals surface area contributed by atoms with Crippen molar-refractivity contribution in [3.63, 3.8) is 0 Å². The van der Waals surface area contributed by atoms with E-state index in [9.17, 15) is 9.90 Å². The zero-order valence-electron chi connectivity index (χ0n) is 14.4. The number of aliphatic hydroxyl groups is 1. The number of aromatic nitrogens is 3. The summed E-state index contributed by atoms with van der Waals surface area (Å²) in [7, 11) is 1.73. The Balaban J connectivity index is 1.61. The van der Waals surface area contributed by atoms with Crippen LogP contribution in [0.2, 0.25) is 0 Å². The van der Waals surface area contributed by atoms with E-state index < -0.39 is 5.60 Å². The van der Waals surface area contributed by atoms with E-state index in [-0.39, 0.29) is 12.3 Å². The maximum Gasteiger partial charge on any atom is 0.226 e. The maximum absolute atomic E-state index is 12.4. The third-order valence-corrected chi connectivity index (χ3v) is 4.46. The first-order valence-electron chi connectivity index (χ1n) is 8.42. The van der Waals surface area contributed by atoms with Gasteiger partial charge in [-0.05, 0) is 24.5 Å². The maximum atomic E-state index is 12.4. The Labute approximate surface area is 147 Å². The zero-order chi connectivity index (χ0) is 17.7. The predicted octanol–water partition coefficient (Wildman–Crippen LogP) is 0.904. The second-order valence-electron chi connectivity index (χ2n) is 6.60. The monoisotopic (exact) mass is 341 g/mol. The molecule has 7 nitrogen and oxygen atoms in total. The van der Waals surface area contributed by atoms with Crippen molar-refractivity contribution in [3.05, 3.63) is 48.7 Å². The molecule has 0 radical (unpaired) electrons. The molecule has 132 valence electrons. The molecular formula is C18H23N5O2. The van der Waals surface area contributed by atoms with Crippen LogP contribution in [0.3, 0.4) is 0 Å². The first-order valence-corrected chi connectivity index (χ1v) is 8.42. The summed E-state index contributed by atoms with van der Waals surface area (Å²) in [6, 6.07) is 3.69. The summed E-state index contributed by atoms with van der Waals surface area (Å²) >= 11 is 0. The van der Waals surface area contributed by atoms with Gasteiger partial charge in [0.2, 0.25) is 5.91 Å². The fraction of sp³-hybridized carbons (Fsp3) is 0.444. The lowest BCUT2D eigenvalue weighted by molar-refractivity contribution is -0.132. The SMILES string of the molecule is CN(C[C@]1(O)CCCN(c2cnccn2)C1)C(=O)Cc1cccnc1. The van der Waals surface area contributed by atoms with Gasteiger partial charge >= 0.3 is 0 Å². The second-order valence-corrected chi connectivity index (χ2v) is 6.60. The van der Waals surface area contributed by atoms with Crippen LogP contribution in [-0.2, 0) is 11.2 Å².